The number of benzene rings is 1. The highest BCUT2D eigenvalue weighted by molar-refractivity contribution is 7.22. The van der Waals surface area contributed by atoms with E-state index in [0.29, 0.717) is 6.04 Å². The molecule has 0 saturated heterocycles. The Morgan fingerprint density at radius 2 is 2.05 bits per heavy atom. The SMILES string of the molecule is CC(C)CCCC(C)Nc1nc2ccc(N)cc2s1. The Morgan fingerprint density at radius 1 is 1.26 bits per heavy atom. The van der Waals surface area contributed by atoms with Crippen LogP contribution in [0.25, 0.3) is 10.2 Å². The zero-order chi connectivity index (χ0) is 13.8. The second-order valence-corrected chi connectivity index (χ2v) is 6.65. The van der Waals surface area contributed by atoms with Gasteiger partial charge in [0.05, 0.1) is 10.2 Å². The van der Waals surface area contributed by atoms with E-state index in [1.165, 1.54) is 19.3 Å². The van der Waals surface area contributed by atoms with Crippen LogP contribution in [0.3, 0.4) is 0 Å². The lowest BCUT2D eigenvalue weighted by Crippen LogP contribution is -2.14. The summed E-state index contributed by atoms with van der Waals surface area (Å²) in [5, 5.41) is 4.49. The van der Waals surface area contributed by atoms with Crippen molar-refractivity contribution in [2.45, 2.75) is 46.1 Å². The number of nitrogens with zero attached hydrogens (tertiary/aromatic N) is 1. The van der Waals surface area contributed by atoms with E-state index in [9.17, 15) is 0 Å². The quantitative estimate of drug-likeness (QED) is 0.764. The molecule has 19 heavy (non-hydrogen) atoms. The van der Waals surface area contributed by atoms with Gasteiger partial charge in [-0.1, -0.05) is 38.0 Å². The molecule has 1 atom stereocenters. The van der Waals surface area contributed by atoms with E-state index in [-0.39, 0.29) is 0 Å². The van der Waals surface area contributed by atoms with Crippen LogP contribution >= 0.6 is 11.3 Å². The first-order chi connectivity index (χ1) is 9.04. The molecule has 0 aliphatic rings. The van der Waals surface area contributed by atoms with Gasteiger partial charge >= 0.3 is 0 Å². The Hall–Kier alpha value is -1.29. The highest BCUT2D eigenvalue weighted by Crippen LogP contribution is 2.28. The summed E-state index contributed by atoms with van der Waals surface area (Å²) in [4.78, 5) is 4.59. The molecule has 1 aromatic carbocycles. The molecule has 0 radical (unpaired) electrons. The van der Waals surface area contributed by atoms with E-state index in [4.69, 9.17) is 5.73 Å². The first kappa shape index (κ1) is 14.1. The zero-order valence-corrected chi connectivity index (χ0v) is 12.8. The minimum atomic E-state index is 0.469. The number of thiazole rings is 1. The average molecular weight is 277 g/mol. The average Bonchev–Trinajstić information content (AvgIpc) is 2.69. The summed E-state index contributed by atoms with van der Waals surface area (Å²) >= 11 is 1.68. The van der Waals surface area contributed by atoms with Gasteiger partial charge in [0.15, 0.2) is 5.13 Å². The maximum atomic E-state index is 5.79. The van der Waals surface area contributed by atoms with Gasteiger partial charge < -0.3 is 11.1 Å². The topological polar surface area (TPSA) is 50.9 Å². The number of nitrogens with two attached hydrogens (primary N) is 1. The van der Waals surface area contributed by atoms with Crippen LogP contribution in [0.1, 0.15) is 40.0 Å². The van der Waals surface area contributed by atoms with Crippen molar-refractivity contribution in [1.82, 2.24) is 4.98 Å². The van der Waals surface area contributed by atoms with Crippen molar-refractivity contribution >= 4 is 32.4 Å². The fourth-order valence-electron chi connectivity index (χ4n) is 2.12. The molecular formula is C15H23N3S. The van der Waals surface area contributed by atoms with E-state index in [0.717, 1.165) is 27.0 Å². The Balaban J connectivity index is 1.93. The number of aromatic nitrogens is 1. The molecule has 3 N–H and O–H groups in total. The lowest BCUT2D eigenvalue weighted by atomic mass is 10.0. The molecule has 3 nitrogen and oxygen atoms in total. The largest absolute Gasteiger partial charge is 0.399 e. The molecule has 104 valence electrons. The third-order valence-corrected chi connectivity index (χ3v) is 4.15. The first-order valence-corrected chi connectivity index (χ1v) is 7.79. The molecule has 2 rings (SSSR count). The Morgan fingerprint density at radius 3 is 2.79 bits per heavy atom. The van der Waals surface area contributed by atoms with Crippen molar-refractivity contribution in [3.63, 3.8) is 0 Å². The van der Waals surface area contributed by atoms with Gasteiger partial charge in [0.1, 0.15) is 0 Å². The normalized spacial score (nSPS) is 13.1. The van der Waals surface area contributed by atoms with E-state index in [2.05, 4.69) is 31.1 Å². The van der Waals surface area contributed by atoms with Crippen LogP contribution in [-0.2, 0) is 0 Å². The molecule has 0 saturated carbocycles. The molecule has 4 heteroatoms. The number of nitrogen functional groups attached to an aromatic ring is 1. The zero-order valence-electron chi connectivity index (χ0n) is 11.9. The van der Waals surface area contributed by atoms with Crippen molar-refractivity contribution in [2.75, 3.05) is 11.1 Å². The molecule has 1 aromatic heterocycles. The molecule has 0 spiro atoms. The molecule has 1 unspecified atom stereocenters. The van der Waals surface area contributed by atoms with Gasteiger partial charge in [-0.2, -0.15) is 0 Å². The van der Waals surface area contributed by atoms with E-state index >= 15 is 0 Å². The lowest BCUT2D eigenvalue weighted by Gasteiger charge is -2.13. The minimum Gasteiger partial charge on any atom is -0.399 e. The van der Waals surface area contributed by atoms with Gasteiger partial charge in [-0.15, -0.1) is 0 Å². The van der Waals surface area contributed by atoms with Crippen LogP contribution in [0.2, 0.25) is 0 Å². The summed E-state index contributed by atoms with van der Waals surface area (Å²) in [5.41, 5.74) is 7.61. The Labute approximate surface area is 119 Å². The third-order valence-electron chi connectivity index (χ3n) is 3.20. The van der Waals surface area contributed by atoms with Gasteiger partial charge in [0.25, 0.3) is 0 Å². The predicted octanol–water partition coefficient (Wildman–Crippen LogP) is 4.51. The van der Waals surface area contributed by atoms with E-state index in [1.807, 2.05) is 18.2 Å². The van der Waals surface area contributed by atoms with Crippen LogP contribution in [0.5, 0.6) is 0 Å². The molecular weight excluding hydrogens is 254 g/mol. The Kier molecular flexibility index (Phi) is 4.64. The number of anilines is 2. The van der Waals surface area contributed by atoms with Gasteiger partial charge in [-0.3, -0.25) is 0 Å². The molecule has 1 heterocycles. The highest BCUT2D eigenvalue weighted by atomic mass is 32.1. The van der Waals surface area contributed by atoms with Crippen LogP contribution in [0.15, 0.2) is 18.2 Å². The smallest absolute Gasteiger partial charge is 0.183 e. The summed E-state index contributed by atoms with van der Waals surface area (Å²) in [5.74, 6) is 0.789. The van der Waals surface area contributed by atoms with Crippen LogP contribution in [0.4, 0.5) is 10.8 Å². The van der Waals surface area contributed by atoms with Crippen molar-refractivity contribution in [3.05, 3.63) is 18.2 Å². The first-order valence-electron chi connectivity index (χ1n) is 6.97. The third kappa shape index (κ3) is 4.10. The van der Waals surface area contributed by atoms with Crippen molar-refractivity contribution < 1.29 is 0 Å². The maximum Gasteiger partial charge on any atom is 0.183 e. The van der Waals surface area contributed by atoms with Gasteiger partial charge in [0.2, 0.25) is 0 Å². The van der Waals surface area contributed by atoms with Crippen molar-refractivity contribution in [3.8, 4) is 0 Å². The molecule has 0 amide bonds. The second-order valence-electron chi connectivity index (χ2n) is 5.62. The minimum absolute atomic E-state index is 0.469. The molecule has 2 aromatic rings. The fourth-order valence-corrected chi connectivity index (χ4v) is 3.14. The van der Waals surface area contributed by atoms with Crippen molar-refractivity contribution in [2.24, 2.45) is 5.92 Å². The highest BCUT2D eigenvalue weighted by Gasteiger charge is 2.07. The van der Waals surface area contributed by atoms with E-state index in [1.54, 1.807) is 11.3 Å². The summed E-state index contributed by atoms with van der Waals surface area (Å²) in [6.07, 6.45) is 3.75. The van der Waals surface area contributed by atoms with Gasteiger partial charge in [-0.25, -0.2) is 4.98 Å². The van der Waals surface area contributed by atoms with Crippen LogP contribution < -0.4 is 11.1 Å². The summed E-state index contributed by atoms with van der Waals surface area (Å²) in [6.45, 7) is 6.77. The predicted molar refractivity (Wildman–Crippen MR) is 85.8 cm³/mol. The fraction of sp³-hybridized carbons (Fsp3) is 0.533. The summed E-state index contributed by atoms with van der Waals surface area (Å²) in [7, 11) is 0. The Bertz CT molecular complexity index is 533. The standard InChI is InChI=1S/C15H23N3S/c1-10(2)5-4-6-11(3)17-15-18-13-8-7-12(16)9-14(13)19-15/h7-11H,4-6,16H2,1-3H3,(H,17,18). The number of nitrogens with one attached hydrogen (secondary N) is 1. The molecule has 0 bridgehead atoms. The second kappa shape index (κ2) is 6.24. The van der Waals surface area contributed by atoms with Crippen molar-refractivity contribution in [1.29, 1.82) is 0 Å². The number of hydrogen-bond donors (Lipinski definition) is 2. The molecule has 0 aliphatic carbocycles. The van der Waals surface area contributed by atoms with Crippen LogP contribution in [-0.4, -0.2) is 11.0 Å². The van der Waals surface area contributed by atoms with E-state index < -0.39 is 0 Å². The molecule has 0 aliphatic heterocycles. The van der Waals surface area contributed by atoms with Gasteiger partial charge in [0, 0.05) is 11.7 Å². The monoisotopic (exact) mass is 277 g/mol. The van der Waals surface area contributed by atoms with Gasteiger partial charge in [-0.05, 0) is 37.5 Å². The summed E-state index contributed by atoms with van der Waals surface area (Å²) < 4.78 is 1.15. The maximum absolute atomic E-state index is 5.79. The number of hydrogen-bond acceptors (Lipinski definition) is 4. The lowest BCUT2D eigenvalue weighted by molar-refractivity contribution is 0.520. The number of rotatable bonds is 6. The molecule has 0 fully saturated rings. The number of fused-ring (bicyclic) bond motifs is 1. The van der Waals surface area contributed by atoms with Crippen LogP contribution in [0, 0.1) is 5.92 Å². The summed E-state index contributed by atoms with van der Waals surface area (Å²) in [6, 6.07) is 6.34.